The lowest BCUT2D eigenvalue weighted by atomic mass is 10.2. The number of methoxy groups -OCH3 is 1. The average molecular weight is 219 g/mol. The topological polar surface area (TPSA) is 31.4 Å². The Balaban J connectivity index is 2.64. The summed E-state index contributed by atoms with van der Waals surface area (Å²) in [6, 6.07) is 3.90. The lowest BCUT2D eigenvalue weighted by Gasteiger charge is -2.06. The van der Waals surface area contributed by atoms with Gasteiger partial charge in [0.25, 0.3) is 0 Å². The lowest BCUT2D eigenvalue weighted by Crippen LogP contribution is -2.02. The third-order valence-corrected chi connectivity index (χ3v) is 2.04. The molecule has 0 aliphatic heterocycles. The number of pyridine rings is 1. The highest BCUT2D eigenvalue weighted by molar-refractivity contribution is 5.50. The number of aromatic nitrogens is 1. The molecule has 0 aliphatic rings. The van der Waals surface area contributed by atoms with Crippen LogP contribution < -0.4 is 0 Å². The Bertz CT molecular complexity index is 335. The summed E-state index contributed by atoms with van der Waals surface area (Å²) in [7, 11) is 1.65. The van der Waals surface area contributed by atoms with Crippen LogP contribution in [0.5, 0.6) is 0 Å². The van der Waals surface area contributed by atoms with Crippen LogP contribution in [0.3, 0.4) is 0 Å². The molecule has 86 valence electrons. The second-order valence-corrected chi connectivity index (χ2v) is 3.28. The smallest absolute Gasteiger partial charge is 0.0719 e. The summed E-state index contributed by atoms with van der Waals surface area (Å²) in [4.78, 5) is 4.30. The Kier molecular flexibility index (Phi) is 5.46. The van der Waals surface area contributed by atoms with Gasteiger partial charge in [0.1, 0.15) is 0 Å². The third kappa shape index (κ3) is 3.96. The van der Waals surface area contributed by atoms with E-state index in [9.17, 15) is 0 Å². The molecule has 0 unspecified atom stereocenters. The Hall–Kier alpha value is -1.45. The molecule has 0 aliphatic carbocycles. The normalized spacial score (nSPS) is 10.1. The molecular formula is C13H17NO2. The molecule has 0 radical (unpaired) electrons. The van der Waals surface area contributed by atoms with Gasteiger partial charge in [0.15, 0.2) is 0 Å². The van der Waals surface area contributed by atoms with E-state index in [0.29, 0.717) is 19.8 Å². The van der Waals surface area contributed by atoms with Crippen LogP contribution in [0.15, 0.2) is 25.3 Å². The quantitative estimate of drug-likeness (QED) is 0.660. The minimum atomic E-state index is 0.549. The number of rotatable bonds is 7. The average Bonchev–Trinajstić information content (AvgIpc) is 2.34. The van der Waals surface area contributed by atoms with Gasteiger partial charge in [0, 0.05) is 7.11 Å². The fraction of sp³-hybridized carbons (Fsp3) is 0.308. The van der Waals surface area contributed by atoms with Gasteiger partial charge >= 0.3 is 0 Å². The second kappa shape index (κ2) is 6.93. The van der Waals surface area contributed by atoms with Crippen molar-refractivity contribution >= 4 is 12.2 Å². The molecule has 0 saturated carbocycles. The van der Waals surface area contributed by atoms with Crippen LogP contribution in [0.25, 0.3) is 12.2 Å². The fourth-order valence-corrected chi connectivity index (χ4v) is 1.26. The van der Waals surface area contributed by atoms with Crippen molar-refractivity contribution in [1.29, 1.82) is 0 Å². The van der Waals surface area contributed by atoms with Crippen molar-refractivity contribution in [3.8, 4) is 0 Å². The number of nitrogens with zero attached hydrogens (tertiary/aromatic N) is 1. The first-order valence-electron chi connectivity index (χ1n) is 5.12. The molecule has 1 aromatic heterocycles. The maximum Gasteiger partial charge on any atom is 0.0719 e. The van der Waals surface area contributed by atoms with Gasteiger partial charge in [-0.3, -0.25) is 0 Å². The highest BCUT2D eigenvalue weighted by Gasteiger charge is 1.99. The molecule has 0 saturated heterocycles. The van der Waals surface area contributed by atoms with E-state index < -0.39 is 0 Å². The zero-order valence-electron chi connectivity index (χ0n) is 9.61. The van der Waals surface area contributed by atoms with Crippen molar-refractivity contribution < 1.29 is 9.47 Å². The Labute approximate surface area is 96.4 Å². The largest absolute Gasteiger partial charge is 0.382 e. The predicted molar refractivity (Wildman–Crippen MR) is 66.0 cm³/mol. The zero-order chi connectivity index (χ0) is 11.8. The Morgan fingerprint density at radius 1 is 1.19 bits per heavy atom. The molecule has 1 aromatic rings. The molecule has 0 spiro atoms. The van der Waals surface area contributed by atoms with E-state index in [-0.39, 0.29) is 0 Å². The van der Waals surface area contributed by atoms with Gasteiger partial charge in [-0.25, -0.2) is 4.98 Å². The van der Waals surface area contributed by atoms with Crippen molar-refractivity contribution in [2.75, 3.05) is 20.3 Å². The first kappa shape index (κ1) is 12.6. The molecule has 0 fully saturated rings. The van der Waals surface area contributed by atoms with Crippen molar-refractivity contribution in [1.82, 2.24) is 4.98 Å². The molecule has 0 bridgehead atoms. The number of ether oxygens (including phenoxy) is 2. The first-order valence-corrected chi connectivity index (χ1v) is 5.12. The van der Waals surface area contributed by atoms with E-state index in [1.165, 1.54) is 0 Å². The van der Waals surface area contributed by atoms with E-state index in [4.69, 9.17) is 9.47 Å². The summed E-state index contributed by atoms with van der Waals surface area (Å²) in [5.41, 5.74) is 2.74. The summed E-state index contributed by atoms with van der Waals surface area (Å²) in [6.45, 7) is 9.14. The summed E-state index contributed by atoms with van der Waals surface area (Å²) in [5.74, 6) is 0. The highest BCUT2D eigenvalue weighted by Crippen LogP contribution is 2.09. The van der Waals surface area contributed by atoms with Crippen LogP contribution in [0.4, 0.5) is 0 Å². The SMILES string of the molecule is C=Cc1cc(COCCOC)cc(C=C)n1. The van der Waals surface area contributed by atoms with Crippen molar-refractivity contribution in [3.05, 3.63) is 42.2 Å². The molecule has 0 atom stereocenters. The molecule has 0 aromatic carbocycles. The lowest BCUT2D eigenvalue weighted by molar-refractivity contribution is 0.0616. The van der Waals surface area contributed by atoms with Gasteiger partial charge in [-0.1, -0.05) is 13.2 Å². The molecule has 0 amide bonds. The van der Waals surface area contributed by atoms with Crippen LogP contribution in [0.2, 0.25) is 0 Å². The molecule has 16 heavy (non-hydrogen) atoms. The van der Waals surface area contributed by atoms with Gasteiger partial charge in [-0.2, -0.15) is 0 Å². The van der Waals surface area contributed by atoms with Crippen LogP contribution >= 0.6 is 0 Å². The van der Waals surface area contributed by atoms with Gasteiger partial charge in [0.2, 0.25) is 0 Å². The summed E-state index contributed by atoms with van der Waals surface area (Å²) < 4.78 is 10.3. The van der Waals surface area contributed by atoms with Crippen molar-refractivity contribution in [2.45, 2.75) is 6.61 Å². The van der Waals surface area contributed by atoms with Crippen LogP contribution in [-0.4, -0.2) is 25.3 Å². The van der Waals surface area contributed by atoms with Gasteiger partial charge in [-0.15, -0.1) is 0 Å². The van der Waals surface area contributed by atoms with Crippen LogP contribution in [-0.2, 0) is 16.1 Å². The maximum absolute atomic E-state index is 5.44. The van der Waals surface area contributed by atoms with E-state index in [1.807, 2.05) is 12.1 Å². The summed E-state index contributed by atoms with van der Waals surface area (Å²) in [6.07, 6.45) is 3.43. The third-order valence-electron chi connectivity index (χ3n) is 2.04. The standard InChI is InChI=1S/C13H17NO2/c1-4-12-8-11(9-13(5-2)14-12)10-16-7-6-15-3/h4-5,8-9H,1-2,6-7,10H2,3H3. The molecule has 1 heterocycles. The number of hydrogen-bond acceptors (Lipinski definition) is 3. The Morgan fingerprint density at radius 3 is 2.31 bits per heavy atom. The van der Waals surface area contributed by atoms with Gasteiger partial charge in [0.05, 0.1) is 31.2 Å². The zero-order valence-corrected chi connectivity index (χ0v) is 9.61. The molecule has 1 rings (SSSR count). The number of hydrogen-bond donors (Lipinski definition) is 0. The van der Waals surface area contributed by atoms with E-state index in [1.54, 1.807) is 19.3 Å². The molecule has 3 heteroatoms. The summed E-state index contributed by atoms with van der Waals surface area (Å²) >= 11 is 0. The predicted octanol–water partition coefficient (Wildman–Crippen LogP) is 2.53. The Morgan fingerprint density at radius 2 is 1.81 bits per heavy atom. The van der Waals surface area contributed by atoms with Crippen molar-refractivity contribution in [2.24, 2.45) is 0 Å². The highest BCUT2D eigenvalue weighted by atomic mass is 16.5. The van der Waals surface area contributed by atoms with E-state index in [0.717, 1.165) is 17.0 Å². The molecule has 3 nitrogen and oxygen atoms in total. The van der Waals surface area contributed by atoms with Gasteiger partial charge < -0.3 is 9.47 Å². The minimum absolute atomic E-state index is 0.549. The first-order chi connectivity index (χ1) is 7.80. The van der Waals surface area contributed by atoms with Crippen molar-refractivity contribution in [3.63, 3.8) is 0 Å². The monoisotopic (exact) mass is 219 g/mol. The second-order valence-electron chi connectivity index (χ2n) is 3.28. The van der Waals surface area contributed by atoms with Crippen LogP contribution in [0.1, 0.15) is 17.0 Å². The summed E-state index contributed by atoms with van der Waals surface area (Å²) in [5, 5.41) is 0. The fourth-order valence-electron chi connectivity index (χ4n) is 1.26. The van der Waals surface area contributed by atoms with Crippen LogP contribution in [0, 0.1) is 0 Å². The minimum Gasteiger partial charge on any atom is -0.382 e. The van der Waals surface area contributed by atoms with Gasteiger partial charge in [-0.05, 0) is 29.8 Å². The molecular weight excluding hydrogens is 202 g/mol. The molecule has 0 N–H and O–H groups in total. The van der Waals surface area contributed by atoms with E-state index >= 15 is 0 Å². The van der Waals surface area contributed by atoms with E-state index in [2.05, 4.69) is 18.1 Å². The maximum atomic E-state index is 5.44.